The van der Waals surface area contributed by atoms with Gasteiger partial charge in [0.15, 0.2) is 5.16 Å². The fraction of sp³-hybridized carbons (Fsp3) is 0.125. The first kappa shape index (κ1) is 20.7. The molecule has 1 amide bonds. The van der Waals surface area contributed by atoms with Crippen LogP contribution in [0.15, 0.2) is 87.7 Å². The lowest BCUT2D eigenvalue weighted by Gasteiger charge is -2.09. The van der Waals surface area contributed by atoms with Crippen molar-refractivity contribution in [3.63, 3.8) is 0 Å². The topological polar surface area (TPSA) is 72.4 Å². The Morgan fingerprint density at radius 1 is 1.16 bits per heavy atom. The smallest absolute Gasteiger partial charge is 0.250 e. The Morgan fingerprint density at radius 3 is 2.81 bits per heavy atom. The molecule has 0 aliphatic rings. The molecule has 1 N–H and O–H groups in total. The summed E-state index contributed by atoms with van der Waals surface area (Å²) < 4.78 is 7.33. The maximum Gasteiger partial charge on any atom is 0.250 e. The number of aromatic nitrogens is 2. The highest BCUT2D eigenvalue weighted by Crippen LogP contribution is 2.25. The molecule has 0 fully saturated rings. The van der Waals surface area contributed by atoms with Crippen LogP contribution in [-0.4, -0.2) is 27.4 Å². The third-order valence-electron chi connectivity index (χ3n) is 4.57. The molecular weight excluding hydrogens is 408 g/mol. The zero-order valence-corrected chi connectivity index (χ0v) is 17.9. The lowest BCUT2D eigenvalue weighted by atomic mass is 10.1. The quantitative estimate of drug-likeness (QED) is 0.245. The number of allylic oxidation sites excluding steroid dienone is 1. The summed E-state index contributed by atoms with van der Waals surface area (Å²) >= 11 is 1.40. The molecule has 7 heteroatoms. The van der Waals surface area contributed by atoms with Gasteiger partial charge in [0.2, 0.25) is 0 Å². The van der Waals surface area contributed by atoms with Crippen molar-refractivity contribution < 1.29 is 9.21 Å². The number of aryl methyl sites for hydroxylation is 1. The second kappa shape index (κ2) is 9.95. The molecule has 0 unspecified atom stereocenters. The highest BCUT2D eigenvalue weighted by molar-refractivity contribution is 7.99. The standard InChI is InChI=1S/C24H22N4O2S/c1-18-10-12-19(13-11-18)16-28-22-9-3-2-8-21(22)26-24(28)31-17-23(29)27-25-14-4-6-20-7-5-15-30-20/h2-15H,16-17H2,1H3,(H,27,29)/b6-4+,25-14-. The van der Waals surface area contributed by atoms with Gasteiger partial charge in [0, 0.05) is 6.21 Å². The van der Waals surface area contributed by atoms with Gasteiger partial charge >= 0.3 is 0 Å². The normalized spacial score (nSPS) is 11.6. The Morgan fingerprint density at radius 2 is 2.00 bits per heavy atom. The van der Waals surface area contributed by atoms with Crippen LogP contribution in [0.3, 0.4) is 0 Å². The van der Waals surface area contributed by atoms with E-state index in [9.17, 15) is 4.79 Å². The van der Waals surface area contributed by atoms with Crippen molar-refractivity contribution in [1.82, 2.24) is 15.0 Å². The van der Waals surface area contributed by atoms with E-state index < -0.39 is 0 Å². The number of hydrogen-bond donors (Lipinski definition) is 1. The second-order valence-electron chi connectivity index (χ2n) is 6.93. The molecule has 4 aromatic rings. The minimum atomic E-state index is -0.193. The van der Waals surface area contributed by atoms with Gasteiger partial charge < -0.3 is 8.98 Å². The zero-order chi connectivity index (χ0) is 21.5. The maximum absolute atomic E-state index is 12.2. The van der Waals surface area contributed by atoms with Gasteiger partial charge in [-0.05, 0) is 48.9 Å². The van der Waals surface area contributed by atoms with Crippen LogP contribution in [0.5, 0.6) is 0 Å². The first-order valence-electron chi connectivity index (χ1n) is 9.85. The molecule has 0 aliphatic heterocycles. The van der Waals surface area contributed by atoms with Gasteiger partial charge in [-0.1, -0.05) is 53.7 Å². The van der Waals surface area contributed by atoms with E-state index in [1.54, 1.807) is 18.4 Å². The number of amides is 1. The first-order valence-corrected chi connectivity index (χ1v) is 10.8. The summed E-state index contributed by atoms with van der Waals surface area (Å²) in [6.45, 7) is 2.77. The van der Waals surface area contributed by atoms with Gasteiger partial charge in [-0.2, -0.15) is 5.10 Å². The van der Waals surface area contributed by atoms with E-state index in [0.717, 1.165) is 22.0 Å². The number of hydrogen-bond acceptors (Lipinski definition) is 5. The molecule has 156 valence electrons. The maximum atomic E-state index is 12.2. The summed E-state index contributed by atoms with van der Waals surface area (Å²) in [5.41, 5.74) is 6.91. The highest BCUT2D eigenvalue weighted by atomic mass is 32.2. The number of hydrazone groups is 1. The van der Waals surface area contributed by atoms with Crippen molar-refractivity contribution in [3.8, 4) is 0 Å². The number of furan rings is 1. The Labute approximate surface area is 184 Å². The summed E-state index contributed by atoms with van der Waals surface area (Å²) in [5, 5.41) is 4.73. The number of fused-ring (bicyclic) bond motifs is 1. The van der Waals surface area contributed by atoms with Crippen LogP contribution < -0.4 is 5.43 Å². The number of nitrogens with zero attached hydrogens (tertiary/aromatic N) is 3. The molecule has 4 rings (SSSR count). The predicted molar refractivity (Wildman–Crippen MR) is 125 cm³/mol. The van der Waals surface area contributed by atoms with Gasteiger partial charge in [0.25, 0.3) is 5.91 Å². The number of para-hydroxylation sites is 2. The molecule has 2 heterocycles. The monoisotopic (exact) mass is 430 g/mol. The first-order chi connectivity index (χ1) is 15.2. The van der Waals surface area contributed by atoms with Crippen LogP contribution in [-0.2, 0) is 11.3 Å². The van der Waals surface area contributed by atoms with Gasteiger partial charge in [-0.15, -0.1) is 0 Å². The van der Waals surface area contributed by atoms with E-state index in [1.807, 2.05) is 30.3 Å². The zero-order valence-electron chi connectivity index (χ0n) is 17.1. The van der Waals surface area contributed by atoms with E-state index in [0.29, 0.717) is 6.54 Å². The molecular formula is C24H22N4O2S. The Kier molecular flexibility index (Phi) is 6.64. The summed E-state index contributed by atoms with van der Waals surface area (Å²) in [5.74, 6) is 0.749. The van der Waals surface area contributed by atoms with Crippen LogP contribution >= 0.6 is 11.8 Å². The molecule has 0 saturated heterocycles. The average molecular weight is 431 g/mol. The Balaban J connectivity index is 1.40. The average Bonchev–Trinajstić information content (AvgIpc) is 3.42. The summed E-state index contributed by atoms with van der Waals surface area (Å²) in [4.78, 5) is 16.9. The lowest BCUT2D eigenvalue weighted by Crippen LogP contribution is -2.19. The Bertz CT molecular complexity index is 1210. The van der Waals surface area contributed by atoms with Gasteiger partial charge in [-0.3, -0.25) is 4.79 Å². The molecule has 6 nitrogen and oxygen atoms in total. The van der Waals surface area contributed by atoms with Gasteiger partial charge in [0.1, 0.15) is 5.76 Å². The molecule has 0 spiro atoms. The van der Waals surface area contributed by atoms with E-state index >= 15 is 0 Å². The number of thioether (sulfide) groups is 1. The lowest BCUT2D eigenvalue weighted by molar-refractivity contribution is -0.118. The van der Waals surface area contributed by atoms with Crippen molar-refractivity contribution in [1.29, 1.82) is 0 Å². The molecule has 0 saturated carbocycles. The summed E-state index contributed by atoms with van der Waals surface area (Å²) in [7, 11) is 0. The van der Waals surface area contributed by atoms with Crippen LogP contribution in [0, 0.1) is 6.92 Å². The molecule has 0 radical (unpaired) electrons. The van der Waals surface area contributed by atoms with Gasteiger partial charge in [0.05, 0.1) is 29.6 Å². The molecule has 0 aliphatic carbocycles. The number of rotatable bonds is 8. The second-order valence-corrected chi connectivity index (χ2v) is 7.87. The molecule has 31 heavy (non-hydrogen) atoms. The van der Waals surface area contributed by atoms with E-state index in [-0.39, 0.29) is 11.7 Å². The van der Waals surface area contributed by atoms with Crippen molar-refractivity contribution in [3.05, 3.63) is 89.9 Å². The fourth-order valence-electron chi connectivity index (χ4n) is 3.03. The Hall–Kier alpha value is -3.58. The van der Waals surface area contributed by atoms with Crippen molar-refractivity contribution >= 4 is 41.0 Å². The largest absolute Gasteiger partial charge is 0.465 e. The number of nitrogens with one attached hydrogen (secondary N) is 1. The molecule has 2 aromatic heterocycles. The van der Waals surface area contributed by atoms with Crippen LogP contribution in [0.25, 0.3) is 17.1 Å². The van der Waals surface area contributed by atoms with Crippen molar-refractivity contribution in [2.75, 3.05) is 5.75 Å². The summed E-state index contributed by atoms with van der Waals surface area (Å²) in [6.07, 6.45) is 6.57. The van der Waals surface area contributed by atoms with E-state index in [4.69, 9.17) is 9.40 Å². The predicted octanol–water partition coefficient (Wildman–Crippen LogP) is 4.89. The third kappa shape index (κ3) is 5.52. The minimum absolute atomic E-state index is 0.193. The van der Waals surface area contributed by atoms with E-state index in [2.05, 4.69) is 52.3 Å². The van der Waals surface area contributed by atoms with E-state index in [1.165, 1.54) is 29.1 Å². The fourth-order valence-corrected chi connectivity index (χ4v) is 3.84. The van der Waals surface area contributed by atoms with Crippen LogP contribution in [0.4, 0.5) is 0 Å². The highest BCUT2D eigenvalue weighted by Gasteiger charge is 2.13. The molecule has 2 aromatic carbocycles. The third-order valence-corrected chi connectivity index (χ3v) is 5.54. The molecule has 0 bridgehead atoms. The van der Waals surface area contributed by atoms with Gasteiger partial charge in [-0.25, -0.2) is 10.4 Å². The van der Waals surface area contributed by atoms with Crippen molar-refractivity contribution in [2.24, 2.45) is 5.10 Å². The number of benzene rings is 2. The minimum Gasteiger partial charge on any atom is -0.465 e. The van der Waals surface area contributed by atoms with Crippen LogP contribution in [0.2, 0.25) is 0 Å². The number of imidazole rings is 1. The SMILES string of the molecule is Cc1ccc(Cn2c(SCC(=O)N/N=C\C=C\c3ccco3)nc3ccccc32)cc1. The molecule has 0 atom stereocenters. The number of carbonyl (C=O) groups is 1. The number of carbonyl (C=O) groups excluding carboxylic acids is 1. The van der Waals surface area contributed by atoms with Crippen molar-refractivity contribution in [2.45, 2.75) is 18.6 Å². The summed E-state index contributed by atoms with van der Waals surface area (Å²) in [6, 6.07) is 20.1. The van der Waals surface area contributed by atoms with Crippen LogP contribution in [0.1, 0.15) is 16.9 Å².